The van der Waals surface area contributed by atoms with Crippen molar-refractivity contribution in [1.29, 1.82) is 0 Å². The van der Waals surface area contributed by atoms with Crippen LogP contribution in [0, 0.1) is 0 Å². The van der Waals surface area contributed by atoms with Crippen LogP contribution >= 0.6 is 0 Å². The molecule has 0 radical (unpaired) electrons. The lowest BCUT2D eigenvalue weighted by atomic mass is 10.2. The molecule has 62 valence electrons. The van der Waals surface area contributed by atoms with Gasteiger partial charge in [0.05, 0.1) is 11.0 Å². The van der Waals surface area contributed by atoms with Crippen LogP contribution in [0.3, 0.4) is 0 Å². The number of pyridine rings is 2. The molecule has 5 nitrogen and oxygen atoms in total. The van der Waals surface area contributed by atoms with Crippen LogP contribution in [0.15, 0.2) is 24.4 Å². The largest absolute Gasteiger partial charge is 0.335 e. The van der Waals surface area contributed by atoms with Crippen molar-refractivity contribution in [1.82, 2.24) is 25.4 Å². The quantitative estimate of drug-likeness (QED) is 0.544. The molecule has 3 rings (SSSR count). The molecule has 0 unspecified atom stereocenters. The second-order valence-corrected chi connectivity index (χ2v) is 2.73. The summed E-state index contributed by atoms with van der Waals surface area (Å²) in [7, 11) is 0. The molecule has 13 heavy (non-hydrogen) atoms. The van der Waals surface area contributed by atoms with E-state index in [0.29, 0.717) is 5.82 Å². The molecule has 0 spiro atoms. The molecule has 3 heterocycles. The number of hydrogen-bond donors (Lipinski definition) is 1. The lowest BCUT2D eigenvalue weighted by Gasteiger charge is -1.98. The van der Waals surface area contributed by atoms with Gasteiger partial charge in [-0.05, 0) is 23.4 Å². The summed E-state index contributed by atoms with van der Waals surface area (Å²) in [6.45, 7) is 0. The Kier molecular flexibility index (Phi) is 1.11. The third kappa shape index (κ3) is 0.868. The summed E-state index contributed by atoms with van der Waals surface area (Å²) >= 11 is 0. The molecule has 2 aliphatic heterocycles. The minimum absolute atomic E-state index is 0.695. The van der Waals surface area contributed by atoms with E-state index in [-0.39, 0.29) is 0 Å². The summed E-state index contributed by atoms with van der Waals surface area (Å²) in [4.78, 5) is 7.27. The van der Waals surface area contributed by atoms with E-state index >= 15 is 0 Å². The van der Waals surface area contributed by atoms with Crippen LogP contribution in [0.25, 0.3) is 22.6 Å². The Bertz CT molecular complexity index is 482. The average Bonchev–Trinajstić information content (AvgIpc) is 2.61. The molecular weight excluding hydrogens is 166 g/mol. The van der Waals surface area contributed by atoms with Crippen molar-refractivity contribution in [2.24, 2.45) is 0 Å². The van der Waals surface area contributed by atoms with Crippen LogP contribution in [0.4, 0.5) is 0 Å². The van der Waals surface area contributed by atoms with Gasteiger partial charge in [-0.25, -0.2) is 0 Å². The lowest BCUT2D eigenvalue weighted by molar-refractivity contribution is 0.948. The Labute approximate surface area is 73.2 Å². The number of H-pyrrole nitrogens is 1. The maximum atomic E-state index is 4.18. The standard InChI is InChI=1S/C8H5N5/c1-2-5-6(9-3-1)4-7-8(10-5)12-13-11-7/h1-4H,(H,10,11,12,13). The van der Waals surface area contributed by atoms with E-state index < -0.39 is 0 Å². The van der Waals surface area contributed by atoms with Gasteiger partial charge in [0.2, 0.25) is 0 Å². The van der Waals surface area contributed by atoms with E-state index in [1.165, 1.54) is 0 Å². The zero-order valence-corrected chi connectivity index (χ0v) is 6.60. The Morgan fingerprint density at radius 3 is 3.23 bits per heavy atom. The number of fused-ring (bicyclic) bond motifs is 2. The van der Waals surface area contributed by atoms with Gasteiger partial charge in [-0.15, -0.1) is 10.2 Å². The molecule has 0 atom stereocenters. The minimum atomic E-state index is 0.695. The monoisotopic (exact) mass is 171 g/mol. The Balaban J connectivity index is 2.52. The Morgan fingerprint density at radius 2 is 2.23 bits per heavy atom. The fraction of sp³-hybridized carbons (Fsp3) is 0. The molecule has 0 aliphatic carbocycles. The van der Waals surface area contributed by atoms with E-state index in [1.807, 2.05) is 18.2 Å². The van der Waals surface area contributed by atoms with Crippen LogP contribution in [0.2, 0.25) is 0 Å². The molecule has 5 heteroatoms. The second-order valence-electron chi connectivity index (χ2n) is 2.73. The summed E-state index contributed by atoms with van der Waals surface area (Å²) in [6.07, 6.45) is 1.74. The number of rotatable bonds is 0. The van der Waals surface area contributed by atoms with E-state index in [4.69, 9.17) is 0 Å². The first-order chi connectivity index (χ1) is 6.43. The average molecular weight is 171 g/mol. The van der Waals surface area contributed by atoms with Crippen LogP contribution in [-0.4, -0.2) is 25.4 Å². The second kappa shape index (κ2) is 2.22. The first-order valence-corrected chi connectivity index (χ1v) is 3.86. The zero-order valence-electron chi connectivity index (χ0n) is 6.60. The first kappa shape index (κ1) is 6.47. The molecule has 0 saturated heterocycles. The van der Waals surface area contributed by atoms with E-state index in [0.717, 1.165) is 16.7 Å². The first-order valence-electron chi connectivity index (χ1n) is 3.86. The maximum Gasteiger partial charge on any atom is 0.182 e. The van der Waals surface area contributed by atoms with E-state index in [1.54, 1.807) is 6.20 Å². The summed E-state index contributed by atoms with van der Waals surface area (Å²) < 4.78 is 0. The fourth-order valence-corrected chi connectivity index (χ4v) is 1.30. The zero-order chi connectivity index (χ0) is 8.67. The van der Waals surface area contributed by atoms with Crippen molar-refractivity contribution in [3.63, 3.8) is 0 Å². The van der Waals surface area contributed by atoms with Gasteiger partial charge < -0.3 is 4.98 Å². The molecular formula is C8H5N5. The lowest BCUT2D eigenvalue weighted by Crippen LogP contribution is -1.88. The van der Waals surface area contributed by atoms with Gasteiger partial charge in [-0.3, -0.25) is 4.98 Å². The van der Waals surface area contributed by atoms with Crippen molar-refractivity contribution in [2.75, 3.05) is 0 Å². The van der Waals surface area contributed by atoms with Crippen molar-refractivity contribution in [3.8, 4) is 11.5 Å². The minimum Gasteiger partial charge on any atom is -0.335 e. The van der Waals surface area contributed by atoms with Gasteiger partial charge in [0.25, 0.3) is 0 Å². The highest BCUT2D eigenvalue weighted by Crippen LogP contribution is 2.17. The van der Waals surface area contributed by atoms with Crippen molar-refractivity contribution >= 4 is 11.0 Å². The highest BCUT2D eigenvalue weighted by Gasteiger charge is 2.08. The van der Waals surface area contributed by atoms with Crippen molar-refractivity contribution in [3.05, 3.63) is 24.4 Å². The van der Waals surface area contributed by atoms with Crippen LogP contribution < -0.4 is 0 Å². The topological polar surface area (TPSA) is 67.3 Å². The Hall–Kier alpha value is -2.04. The third-order valence-electron chi connectivity index (χ3n) is 1.90. The van der Waals surface area contributed by atoms with Crippen LogP contribution in [0.1, 0.15) is 0 Å². The predicted octanol–water partition coefficient (Wildman–Crippen LogP) is 0.853. The molecule has 0 bridgehead atoms. The molecule has 2 aliphatic rings. The van der Waals surface area contributed by atoms with E-state index in [2.05, 4.69) is 25.4 Å². The molecule has 0 fully saturated rings. The highest BCUT2D eigenvalue weighted by molar-refractivity contribution is 5.79. The number of nitrogens with zero attached hydrogens (tertiary/aromatic N) is 4. The van der Waals surface area contributed by atoms with Crippen LogP contribution in [0.5, 0.6) is 0 Å². The Morgan fingerprint density at radius 1 is 1.23 bits per heavy atom. The van der Waals surface area contributed by atoms with Gasteiger partial charge >= 0.3 is 0 Å². The van der Waals surface area contributed by atoms with Gasteiger partial charge in [-0.1, -0.05) is 0 Å². The number of aromatic nitrogens is 5. The molecule has 1 aromatic rings. The summed E-state index contributed by atoms with van der Waals surface area (Å²) in [5.74, 6) is 0.695. The number of nitrogens with one attached hydrogen (secondary N) is 1. The van der Waals surface area contributed by atoms with Crippen molar-refractivity contribution < 1.29 is 0 Å². The molecule has 0 saturated carbocycles. The smallest absolute Gasteiger partial charge is 0.182 e. The highest BCUT2D eigenvalue weighted by atomic mass is 15.4. The van der Waals surface area contributed by atoms with Crippen molar-refractivity contribution in [2.45, 2.75) is 0 Å². The molecule has 1 N–H and O–H groups in total. The maximum absolute atomic E-state index is 4.18. The fourth-order valence-electron chi connectivity index (χ4n) is 1.30. The molecule has 1 aromatic heterocycles. The molecule has 0 amide bonds. The third-order valence-corrected chi connectivity index (χ3v) is 1.90. The summed E-state index contributed by atoms with van der Waals surface area (Å²) in [5, 5.41) is 11.2. The summed E-state index contributed by atoms with van der Waals surface area (Å²) in [5.41, 5.74) is 2.56. The van der Waals surface area contributed by atoms with E-state index in [9.17, 15) is 0 Å². The molecule has 0 aromatic carbocycles. The summed E-state index contributed by atoms with van der Waals surface area (Å²) in [6, 6.07) is 5.67. The predicted molar refractivity (Wildman–Crippen MR) is 46.1 cm³/mol. The SMILES string of the molecule is c1cnc2cc3nnnc-3[nH]c2c1. The van der Waals surface area contributed by atoms with Gasteiger partial charge in [0, 0.05) is 6.20 Å². The van der Waals surface area contributed by atoms with Crippen LogP contribution in [-0.2, 0) is 0 Å². The number of hydrogen-bond acceptors (Lipinski definition) is 4. The van der Waals surface area contributed by atoms with Gasteiger partial charge in [-0.2, -0.15) is 0 Å². The van der Waals surface area contributed by atoms with Gasteiger partial charge in [0.15, 0.2) is 5.82 Å². The normalized spacial score (nSPS) is 11.1. The van der Waals surface area contributed by atoms with Gasteiger partial charge in [0.1, 0.15) is 5.69 Å². The number of aromatic amines is 1.